The lowest BCUT2D eigenvalue weighted by molar-refractivity contribution is -0.360. The first-order valence-corrected chi connectivity index (χ1v) is 11.4. The topological polar surface area (TPSA) is 78.5 Å². The number of hydrogen-bond donors (Lipinski definition) is 1. The Morgan fingerprint density at radius 2 is 1.59 bits per heavy atom. The van der Waals surface area contributed by atoms with E-state index in [1.165, 1.54) is 35.5 Å². The molecule has 1 aliphatic rings. The second-order valence-corrected chi connectivity index (χ2v) is 7.66. The van der Waals surface area contributed by atoms with E-state index in [-0.39, 0.29) is 5.91 Å². The predicted octanol–water partition coefficient (Wildman–Crippen LogP) is 2.98. The summed E-state index contributed by atoms with van der Waals surface area (Å²) in [5.74, 6) is -2.77. The van der Waals surface area contributed by atoms with Gasteiger partial charge in [-0.2, -0.15) is 0 Å². The van der Waals surface area contributed by atoms with E-state index in [0.29, 0.717) is 23.5 Å². The second kappa shape index (κ2) is 12.8. The molecule has 8 heteroatoms. The first-order valence-electron chi connectivity index (χ1n) is 11.4. The molecule has 0 spiro atoms. The second-order valence-electron chi connectivity index (χ2n) is 7.66. The van der Waals surface area contributed by atoms with Crippen LogP contribution in [0.5, 0.6) is 0 Å². The Morgan fingerprint density at radius 1 is 0.971 bits per heavy atom. The van der Waals surface area contributed by atoms with E-state index in [0.717, 1.165) is 25.2 Å². The third-order valence-corrected chi connectivity index (χ3v) is 6.09. The molecular weight excluding hydrogens is 436 g/mol. The molecular formula is C26H38N2O6. The van der Waals surface area contributed by atoms with Gasteiger partial charge in [0.25, 0.3) is 17.5 Å². The number of amides is 1. The number of ether oxygens (including phenoxy) is 5. The molecule has 0 radical (unpaired) electrons. The minimum absolute atomic E-state index is 0.178. The van der Waals surface area contributed by atoms with Crippen LogP contribution in [0.1, 0.15) is 19.4 Å². The standard InChI is InChI=1S/C26H38N2O6/c1-8-28(9-2)16-15-27-24(29)22(21-13-11-10-12-14-21)17-20-18-23(30-3)26(33-6,34-7)25(19-20,31-4)32-5/h10-14,17-19H,8-9,15-16H2,1-7H3,(H,27,29)/b22-17+. The quantitative estimate of drug-likeness (QED) is 0.348. The highest BCUT2D eigenvalue weighted by Gasteiger charge is 2.59. The highest BCUT2D eigenvalue weighted by Crippen LogP contribution is 2.43. The van der Waals surface area contributed by atoms with Crippen molar-refractivity contribution in [3.8, 4) is 0 Å². The SMILES string of the molecule is CCN(CC)CCNC(=O)/C(=C/C1=CC(OC)(OC)C(OC)(OC)C(OC)=C1)c1ccccc1. The predicted molar refractivity (Wildman–Crippen MR) is 132 cm³/mol. The number of likely N-dealkylation sites (N-methyl/N-ethyl adjacent to an activating group) is 1. The number of nitrogens with one attached hydrogen (secondary N) is 1. The minimum Gasteiger partial charge on any atom is -0.495 e. The fourth-order valence-corrected chi connectivity index (χ4v) is 4.12. The Bertz CT molecular complexity index is 882. The van der Waals surface area contributed by atoms with Gasteiger partial charge in [0.15, 0.2) is 5.76 Å². The Labute approximate surface area is 203 Å². The molecule has 0 fully saturated rings. The van der Waals surface area contributed by atoms with E-state index in [1.807, 2.05) is 30.3 Å². The zero-order chi connectivity index (χ0) is 25.2. The normalized spacial score (nSPS) is 17.2. The van der Waals surface area contributed by atoms with E-state index < -0.39 is 11.6 Å². The van der Waals surface area contributed by atoms with Gasteiger partial charge in [-0.05, 0) is 42.5 Å². The molecule has 0 atom stereocenters. The molecule has 0 aromatic heterocycles. The van der Waals surface area contributed by atoms with E-state index >= 15 is 0 Å². The molecule has 8 nitrogen and oxygen atoms in total. The van der Waals surface area contributed by atoms with Crippen molar-refractivity contribution in [2.75, 3.05) is 61.7 Å². The van der Waals surface area contributed by atoms with Gasteiger partial charge >= 0.3 is 0 Å². The molecule has 2 rings (SSSR count). The molecule has 1 N–H and O–H groups in total. The summed E-state index contributed by atoms with van der Waals surface area (Å²) >= 11 is 0. The van der Waals surface area contributed by atoms with Crippen molar-refractivity contribution < 1.29 is 28.5 Å². The molecule has 0 saturated heterocycles. The Morgan fingerprint density at radius 3 is 2.09 bits per heavy atom. The number of nitrogens with zero attached hydrogens (tertiary/aromatic N) is 1. The van der Waals surface area contributed by atoms with Gasteiger partial charge in [-0.25, -0.2) is 0 Å². The van der Waals surface area contributed by atoms with Crippen LogP contribution >= 0.6 is 0 Å². The third kappa shape index (κ3) is 5.59. The molecule has 0 heterocycles. The maximum atomic E-state index is 13.3. The molecule has 1 amide bonds. The van der Waals surface area contributed by atoms with E-state index in [1.54, 1.807) is 18.2 Å². The van der Waals surface area contributed by atoms with Crippen LogP contribution in [0.25, 0.3) is 5.57 Å². The Kier molecular flexibility index (Phi) is 10.5. The molecule has 1 aromatic rings. The van der Waals surface area contributed by atoms with Crippen LogP contribution in [0.2, 0.25) is 0 Å². The van der Waals surface area contributed by atoms with Crippen molar-refractivity contribution in [3.05, 3.63) is 65.5 Å². The Hall–Kier alpha value is -2.49. The smallest absolute Gasteiger partial charge is 0.287 e. The number of hydrogen-bond acceptors (Lipinski definition) is 7. The largest absolute Gasteiger partial charge is 0.495 e. The molecule has 188 valence electrons. The van der Waals surface area contributed by atoms with Crippen molar-refractivity contribution in [1.29, 1.82) is 0 Å². The lowest BCUT2D eigenvalue weighted by Crippen LogP contribution is -2.61. The first kappa shape index (κ1) is 27.8. The maximum absolute atomic E-state index is 13.3. The molecule has 0 bridgehead atoms. The molecule has 0 saturated carbocycles. The fraction of sp³-hybridized carbons (Fsp3) is 0.500. The Balaban J connectivity index is 2.52. The van der Waals surface area contributed by atoms with Gasteiger partial charge in [0.2, 0.25) is 0 Å². The van der Waals surface area contributed by atoms with Crippen molar-refractivity contribution in [2.24, 2.45) is 0 Å². The van der Waals surface area contributed by atoms with Gasteiger partial charge in [-0.15, -0.1) is 0 Å². The van der Waals surface area contributed by atoms with Crippen LogP contribution in [0, 0.1) is 0 Å². The summed E-state index contributed by atoms with van der Waals surface area (Å²) in [5.41, 5.74) is 1.93. The van der Waals surface area contributed by atoms with Gasteiger partial charge in [0, 0.05) is 47.1 Å². The summed E-state index contributed by atoms with van der Waals surface area (Å²) in [7, 11) is 7.46. The molecule has 0 aliphatic heterocycles. The summed E-state index contributed by atoms with van der Waals surface area (Å²) in [6.45, 7) is 7.39. The number of benzene rings is 1. The van der Waals surface area contributed by atoms with Gasteiger partial charge in [0.05, 0.1) is 7.11 Å². The summed E-state index contributed by atoms with van der Waals surface area (Å²) < 4.78 is 28.5. The molecule has 0 unspecified atom stereocenters. The van der Waals surface area contributed by atoms with Crippen LogP contribution in [-0.4, -0.2) is 84.1 Å². The highest BCUT2D eigenvalue weighted by atomic mass is 16.8. The molecule has 34 heavy (non-hydrogen) atoms. The van der Waals surface area contributed by atoms with Crippen LogP contribution in [0.15, 0.2) is 59.9 Å². The lowest BCUT2D eigenvalue weighted by atomic mass is 9.90. The van der Waals surface area contributed by atoms with E-state index in [9.17, 15) is 4.79 Å². The fourth-order valence-electron chi connectivity index (χ4n) is 4.12. The average molecular weight is 475 g/mol. The van der Waals surface area contributed by atoms with E-state index in [2.05, 4.69) is 24.1 Å². The highest BCUT2D eigenvalue weighted by molar-refractivity contribution is 6.20. The minimum atomic E-state index is -1.47. The van der Waals surface area contributed by atoms with Crippen molar-refractivity contribution >= 4 is 11.5 Å². The van der Waals surface area contributed by atoms with Gasteiger partial charge in [0.1, 0.15) is 0 Å². The average Bonchev–Trinajstić information content (AvgIpc) is 2.89. The van der Waals surface area contributed by atoms with Crippen molar-refractivity contribution in [3.63, 3.8) is 0 Å². The van der Waals surface area contributed by atoms with Gasteiger partial charge in [-0.3, -0.25) is 4.79 Å². The zero-order valence-electron chi connectivity index (χ0n) is 21.3. The summed E-state index contributed by atoms with van der Waals surface area (Å²) in [6.07, 6.45) is 5.24. The molecule has 1 aromatic carbocycles. The summed E-state index contributed by atoms with van der Waals surface area (Å²) in [4.78, 5) is 15.5. The van der Waals surface area contributed by atoms with Gasteiger partial charge in [-0.1, -0.05) is 44.2 Å². The summed E-state index contributed by atoms with van der Waals surface area (Å²) in [6, 6.07) is 9.50. The van der Waals surface area contributed by atoms with Gasteiger partial charge < -0.3 is 33.9 Å². The number of carbonyl (C=O) groups excluding carboxylic acids is 1. The van der Waals surface area contributed by atoms with Crippen LogP contribution < -0.4 is 5.32 Å². The monoisotopic (exact) mass is 474 g/mol. The summed E-state index contributed by atoms with van der Waals surface area (Å²) in [5, 5.41) is 3.04. The number of allylic oxidation sites excluding steroid dienone is 3. The number of methoxy groups -OCH3 is 5. The number of carbonyl (C=O) groups is 1. The van der Waals surface area contributed by atoms with Crippen molar-refractivity contribution in [2.45, 2.75) is 25.4 Å². The lowest BCUT2D eigenvalue weighted by Gasteiger charge is -2.46. The number of rotatable bonds is 13. The maximum Gasteiger partial charge on any atom is 0.287 e. The van der Waals surface area contributed by atoms with Crippen LogP contribution in [-0.2, 0) is 28.5 Å². The first-order chi connectivity index (χ1) is 16.4. The van der Waals surface area contributed by atoms with E-state index in [4.69, 9.17) is 23.7 Å². The van der Waals surface area contributed by atoms with Crippen LogP contribution in [0.4, 0.5) is 0 Å². The van der Waals surface area contributed by atoms with Crippen LogP contribution in [0.3, 0.4) is 0 Å². The zero-order valence-corrected chi connectivity index (χ0v) is 21.3. The molecule has 1 aliphatic carbocycles. The van der Waals surface area contributed by atoms with Crippen molar-refractivity contribution in [1.82, 2.24) is 10.2 Å². The third-order valence-electron chi connectivity index (χ3n) is 6.09.